The van der Waals surface area contributed by atoms with Gasteiger partial charge in [-0.05, 0) is 44.6 Å². The van der Waals surface area contributed by atoms with Crippen molar-refractivity contribution in [2.75, 3.05) is 39.3 Å². The highest BCUT2D eigenvalue weighted by atomic mass is 127. The summed E-state index contributed by atoms with van der Waals surface area (Å²) in [5.41, 5.74) is 0. The van der Waals surface area contributed by atoms with Crippen LogP contribution in [0.25, 0.3) is 0 Å². The Morgan fingerprint density at radius 2 is 1.76 bits per heavy atom. The van der Waals surface area contributed by atoms with Gasteiger partial charge in [-0.3, -0.25) is 4.99 Å². The Morgan fingerprint density at radius 3 is 2.32 bits per heavy atom. The molecule has 0 aromatic carbocycles. The molecule has 2 atom stereocenters. The van der Waals surface area contributed by atoms with E-state index in [2.05, 4.69) is 34.4 Å². The van der Waals surface area contributed by atoms with Gasteiger partial charge in [0.1, 0.15) is 0 Å². The van der Waals surface area contributed by atoms with Gasteiger partial charge < -0.3 is 15.5 Å². The van der Waals surface area contributed by atoms with Gasteiger partial charge in [0.2, 0.25) is 0 Å². The lowest BCUT2D eigenvalue weighted by Crippen LogP contribution is -2.39. The van der Waals surface area contributed by atoms with E-state index in [1.54, 1.807) is 0 Å². The Balaban J connectivity index is 0.00000576. The zero-order chi connectivity index (χ0) is 18.0. The number of rotatable bonds is 8. The van der Waals surface area contributed by atoms with Gasteiger partial charge in [-0.2, -0.15) is 13.2 Å². The van der Waals surface area contributed by atoms with E-state index in [0.717, 1.165) is 31.2 Å². The molecule has 1 aliphatic heterocycles. The first kappa shape index (κ1) is 24.8. The third kappa shape index (κ3) is 12.7. The van der Waals surface area contributed by atoms with Crippen LogP contribution in [0.15, 0.2) is 4.99 Å². The van der Waals surface area contributed by atoms with E-state index in [0.29, 0.717) is 19.0 Å². The summed E-state index contributed by atoms with van der Waals surface area (Å²) in [7, 11) is 0. The number of unbranched alkanes of at least 4 members (excludes halogenated alkanes) is 1. The molecule has 1 aliphatic rings. The van der Waals surface area contributed by atoms with Crippen molar-refractivity contribution in [2.45, 2.75) is 52.6 Å². The molecular weight excluding hydrogens is 444 g/mol. The van der Waals surface area contributed by atoms with E-state index in [9.17, 15) is 13.2 Å². The van der Waals surface area contributed by atoms with Crippen LogP contribution in [0, 0.1) is 11.8 Å². The number of likely N-dealkylation sites (tertiary alicyclic amines) is 1. The fraction of sp³-hybridized carbons (Fsp3) is 0.941. The summed E-state index contributed by atoms with van der Waals surface area (Å²) in [6, 6.07) is 0. The highest BCUT2D eigenvalue weighted by molar-refractivity contribution is 14.0. The van der Waals surface area contributed by atoms with E-state index in [1.165, 1.54) is 19.5 Å². The normalized spacial score (nSPS) is 22.4. The average molecular weight is 478 g/mol. The molecule has 2 unspecified atom stereocenters. The van der Waals surface area contributed by atoms with Crippen molar-refractivity contribution in [3.8, 4) is 0 Å². The number of hydrogen-bond acceptors (Lipinski definition) is 2. The maximum Gasteiger partial charge on any atom is 0.390 e. The van der Waals surface area contributed by atoms with Gasteiger partial charge in [-0.1, -0.05) is 13.8 Å². The summed E-state index contributed by atoms with van der Waals surface area (Å²) in [5.74, 6) is 2.01. The number of aliphatic imine (C=N–C) groups is 1. The van der Waals surface area contributed by atoms with E-state index < -0.39 is 12.6 Å². The highest BCUT2D eigenvalue weighted by Gasteiger charge is 2.26. The molecule has 0 bridgehead atoms. The summed E-state index contributed by atoms with van der Waals surface area (Å²) in [5, 5.41) is 5.72. The van der Waals surface area contributed by atoms with Gasteiger partial charge in [-0.25, -0.2) is 0 Å². The van der Waals surface area contributed by atoms with Gasteiger partial charge in [0.05, 0.1) is 6.42 Å². The molecule has 150 valence electrons. The molecule has 4 nitrogen and oxygen atoms in total. The van der Waals surface area contributed by atoms with Crippen molar-refractivity contribution in [3.63, 3.8) is 0 Å². The molecule has 1 rings (SSSR count). The van der Waals surface area contributed by atoms with E-state index >= 15 is 0 Å². The maximum absolute atomic E-state index is 12.2. The lowest BCUT2D eigenvalue weighted by atomic mass is 9.92. The highest BCUT2D eigenvalue weighted by Crippen LogP contribution is 2.21. The molecule has 0 aromatic heterocycles. The number of halogens is 4. The van der Waals surface area contributed by atoms with Gasteiger partial charge in [0, 0.05) is 32.7 Å². The Kier molecular flexibility index (Phi) is 12.9. The van der Waals surface area contributed by atoms with Crippen LogP contribution >= 0.6 is 24.0 Å². The molecule has 0 amide bonds. The van der Waals surface area contributed by atoms with E-state index in [-0.39, 0.29) is 30.5 Å². The first-order valence-corrected chi connectivity index (χ1v) is 9.11. The molecule has 1 saturated heterocycles. The van der Waals surface area contributed by atoms with Crippen molar-refractivity contribution in [2.24, 2.45) is 16.8 Å². The molecule has 8 heteroatoms. The summed E-state index contributed by atoms with van der Waals surface area (Å²) in [6.07, 6.45) is -1.63. The Morgan fingerprint density at radius 1 is 1.12 bits per heavy atom. The Bertz CT molecular complexity index is 367. The first-order chi connectivity index (χ1) is 11.3. The van der Waals surface area contributed by atoms with Crippen LogP contribution in [0.3, 0.4) is 0 Å². The fourth-order valence-electron chi connectivity index (χ4n) is 3.28. The van der Waals surface area contributed by atoms with Crippen LogP contribution in [0.2, 0.25) is 0 Å². The molecule has 2 N–H and O–H groups in total. The number of nitrogens with one attached hydrogen (secondary N) is 2. The third-order valence-corrected chi connectivity index (χ3v) is 4.14. The first-order valence-electron chi connectivity index (χ1n) is 9.11. The second-order valence-electron chi connectivity index (χ2n) is 6.97. The summed E-state index contributed by atoms with van der Waals surface area (Å²) >= 11 is 0. The third-order valence-electron chi connectivity index (χ3n) is 4.14. The summed E-state index contributed by atoms with van der Waals surface area (Å²) in [4.78, 5) is 6.88. The van der Waals surface area contributed by atoms with Gasteiger partial charge in [0.25, 0.3) is 0 Å². The lowest BCUT2D eigenvalue weighted by Gasteiger charge is -2.34. The molecule has 0 aliphatic carbocycles. The predicted octanol–water partition coefficient (Wildman–Crippen LogP) is 3.87. The number of alkyl halides is 3. The standard InChI is InChI=1S/C17H33F3N4.HI/c1-4-21-16(23-9-7-17(18,19)20)22-8-5-6-10-24-12-14(2)11-15(3)13-24;/h14-15H,4-13H2,1-3H3,(H2,21,22,23);1H. The van der Waals surface area contributed by atoms with Crippen LogP contribution in [-0.4, -0.2) is 56.3 Å². The molecular formula is C17H34F3IN4. The molecule has 0 spiro atoms. The smallest absolute Gasteiger partial charge is 0.357 e. The largest absolute Gasteiger partial charge is 0.390 e. The van der Waals surface area contributed by atoms with Gasteiger partial charge in [-0.15, -0.1) is 24.0 Å². The van der Waals surface area contributed by atoms with Crippen molar-refractivity contribution in [1.29, 1.82) is 0 Å². The van der Waals surface area contributed by atoms with E-state index in [4.69, 9.17) is 0 Å². The van der Waals surface area contributed by atoms with Crippen molar-refractivity contribution >= 4 is 29.9 Å². The Hall–Kier alpha value is -0.250. The predicted molar refractivity (Wildman–Crippen MR) is 109 cm³/mol. The second kappa shape index (κ2) is 13.0. The van der Waals surface area contributed by atoms with Gasteiger partial charge in [0.15, 0.2) is 5.96 Å². The zero-order valence-corrected chi connectivity index (χ0v) is 18.0. The van der Waals surface area contributed by atoms with Gasteiger partial charge >= 0.3 is 6.18 Å². The van der Waals surface area contributed by atoms with Crippen molar-refractivity contribution < 1.29 is 13.2 Å². The van der Waals surface area contributed by atoms with E-state index in [1.807, 2.05) is 6.92 Å². The molecule has 0 radical (unpaired) electrons. The molecule has 1 fully saturated rings. The summed E-state index contributed by atoms with van der Waals surface area (Å²) < 4.78 is 36.5. The minimum atomic E-state index is -4.13. The minimum Gasteiger partial charge on any atom is -0.357 e. The number of guanidine groups is 1. The molecule has 1 heterocycles. The number of hydrogen-bond donors (Lipinski definition) is 2. The van der Waals surface area contributed by atoms with Crippen LogP contribution in [-0.2, 0) is 0 Å². The number of nitrogens with zero attached hydrogens (tertiary/aromatic N) is 2. The number of piperidine rings is 1. The van der Waals surface area contributed by atoms with Crippen molar-refractivity contribution in [3.05, 3.63) is 0 Å². The van der Waals surface area contributed by atoms with Crippen LogP contribution in [0.5, 0.6) is 0 Å². The van der Waals surface area contributed by atoms with Crippen LogP contribution in [0.1, 0.15) is 46.5 Å². The summed E-state index contributed by atoms with van der Waals surface area (Å²) in [6.45, 7) is 11.1. The zero-order valence-electron chi connectivity index (χ0n) is 15.7. The monoisotopic (exact) mass is 478 g/mol. The SMILES string of the molecule is CCNC(=NCCCCN1CC(C)CC(C)C1)NCCC(F)(F)F.I. The van der Waals surface area contributed by atoms with Crippen LogP contribution in [0.4, 0.5) is 13.2 Å². The molecule has 0 aromatic rings. The van der Waals surface area contributed by atoms with Crippen molar-refractivity contribution in [1.82, 2.24) is 15.5 Å². The minimum absolute atomic E-state index is 0. The lowest BCUT2D eigenvalue weighted by molar-refractivity contribution is -0.132. The topological polar surface area (TPSA) is 39.7 Å². The fourth-order valence-corrected chi connectivity index (χ4v) is 3.28. The Labute approximate surface area is 167 Å². The molecule has 25 heavy (non-hydrogen) atoms. The second-order valence-corrected chi connectivity index (χ2v) is 6.97. The maximum atomic E-state index is 12.2. The van der Waals surface area contributed by atoms with Crippen LogP contribution < -0.4 is 10.6 Å². The molecule has 0 saturated carbocycles. The average Bonchev–Trinajstić information content (AvgIpc) is 2.44. The quantitative estimate of drug-likeness (QED) is 0.241.